The van der Waals surface area contributed by atoms with Crippen molar-refractivity contribution in [1.82, 2.24) is 10.6 Å². The molecule has 0 radical (unpaired) electrons. The standard InChI is InChI=1S/C17H15BrFN3O2/c18-9-3-8(1-2-10(9)19)15-16-11(4-20-6-13(16)23)22-12-5-21-7-14(24)17(12)15/h1-3,15-16,20-21H,4-7H2. The van der Waals surface area contributed by atoms with Gasteiger partial charge in [0.1, 0.15) is 5.82 Å². The fourth-order valence-corrected chi connectivity index (χ4v) is 4.11. The highest BCUT2D eigenvalue weighted by atomic mass is 79.9. The van der Waals surface area contributed by atoms with Crippen LogP contribution in [0.2, 0.25) is 0 Å². The Labute approximate surface area is 146 Å². The summed E-state index contributed by atoms with van der Waals surface area (Å²) in [6.45, 7) is 1.53. The monoisotopic (exact) mass is 391 g/mol. The summed E-state index contributed by atoms with van der Waals surface area (Å²) < 4.78 is 14.0. The zero-order valence-electron chi connectivity index (χ0n) is 12.7. The number of Topliss-reactive ketones (excluding diaryl/α,β-unsaturated/α-hetero) is 2. The first-order valence-electron chi connectivity index (χ1n) is 7.79. The quantitative estimate of drug-likeness (QED) is 0.757. The van der Waals surface area contributed by atoms with Crippen molar-refractivity contribution >= 4 is 33.2 Å². The van der Waals surface area contributed by atoms with E-state index < -0.39 is 11.8 Å². The highest BCUT2D eigenvalue weighted by Gasteiger charge is 2.44. The van der Waals surface area contributed by atoms with Gasteiger partial charge in [-0.25, -0.2) is 4.39 Å². The van der Waals surface area contributed by atoms with Gasteiger partial charge in [-0.2, -0.15) is 0 Å². The van der Waals surface area contributed by atoms with Crippen LogP contribution in [0.1, 0.15) is 11.5 Å². The smallest absolute Gasteiger partial charge is 0.175 e. The second-order valence-electron chi connectivity index (χ2n) is 6.19. The third-order valence-corrected chi connectivity index (χ3v) is 5.33. The van der Waals surface area contributed by atoms with Crippen molar-refractivity contribution in [2.45, 2.75) is 5.92 Å². The Bertz CT molecular complexity index is 818. The molecule has 1 saturated heterocycles. The molecule has 2 N–H and O–H groups in total. The Kier molecular flexibility index (Phi) is 3.94. The van der Waals surface area contributed by atoms with E-state index in [0.29, 0.717) is 28.8 Å². The molecular weight excluding hydrogens is 377 g/mol. The maximum Gasteiger partial charge on any atom is 0.175 e. The molecule has 3 aliphatic rings. The summed E-state index contributed by atoms with van der Waals surface area (Å²) in [6, 6.07) is 4.68. The van der Waals surface area contributed by atoms with Crippen LogP contribution in [0.25, 0.3) is 0 Å². The van der Waals surface area contributed by atoms with Gasteiger partial charge < -0.3 is 10.6 Å². The average molecular weight is 392 g/mol. The molecule has 4 rings (SSSR count). The maximum absolute atomic E-state index is 13.6. The zero-order valence-corrected chi connectivity index (χ0v) is 14.3. The Morgan fingerprint density at radius 3 is 2.67 bits per heavy atom. The van der Waals surface area contributed by atoms with Crippen LogP contribution in [0.4, 0.5) is 4.39 Å². The van der Waals surface area contributed by atoms with E-state index in [-0.39, 0.29) is 30.5 Å². The molecule has 2 unspecified atom stereocenters. The van der Waals surface area contributed by atoms with Gasteiger partial charge in [-0.3, -0.25) is 14.6 Å². The van der Waals surface area contributed by atoms with Crippen LogP contribution < -0.4 is 10.6 Å². The topological polar surface area (TPSA) is 70.6 Å². The van der Waals surface area contributed by atoms with Crippen molar-refractivity contribution in [1.29, 1.82) is 0 Å². The van der Waals surface area contributed by atoms with E-state index in [4.69, 9.17) is 0 Å². The third-order valence-electron chi connectivity index (χ3n) is 4.73. The predicted molar refractivity (Wildman–Crippen MR) is 90.5 cm³/mol. The first kappa shape index (κ1) is 15.8. The van der Waals surface area contributed by atoms with Crippen molar-refractivity contribution in [3.63, 3.8) is 0 Å². The number of halogens is 2. The van der Waals surface area contributed by atoms with E-state index in [0.717, 1.165) is 11.3 Å². The minimum atomic E-state index is -0.454. The first-order chi connectivity index (χ1) is 11.6. The van der Waals surface area contributed by atoms with E-state index >= 15 is 0 Å². The highest BCUT2D eigenvalue weighted by molar-refractivity contribution is 9.10. The van der Waals surface area contributed by atoms with Gasteiger partial charge in [-0.05, 0) is 33.6 Å². The number of nitrogens with one attached hydrogen (secondary N) is 2. The number of nitrogens with zero attached hydrogens (tertiary/aromatic N) is 1. The fraction of sp³-hybridized carbons (Fsp3) is 0.353. The lowest BCUT2D eigenvalue weighted by Gasteiger charge is -2.38. The Morgan fingerprint density at radius 1 is 1.08 bits per heavy atom. The summed E-state index contributed by atoms with van der Waals surface area (Å²) in [7, 11) is 0. The van der Waals surface area contributed by atoms with Gasteiger partial charge in [0.05, 0.1) is 29.2 Å². The molecule has 1 aromatic rings. The molecular formula is C17H15BrFN3O2. The molecule has 1 fully saturated rings. The summed E-state index contributed by atoms with van der Waals surface area (Å²) in [5, 5.41) is 6.10. The Hall–Kier alpha value is -1.70. The van der Waals surface area contributed by atoms with Crippen LogP contribution in [-0.2, 0) is 9.59 Å². The van der Waals surface area contributed by atoms with Gasteiger partial charge in [0.15, 0.2) is 11.6 Å². The number of ketones is 2. The van der Waals surface area contributed by atoms with Gasteiger partial charge in [-0.1, -0.05) is 6.07 Å². The third kappa shape index (κ3) is 2.47. The molecule has 1 aromatic carbocycles. The fourth-order valence-electron chi connectivity index (χ4n) is 3.71. The van der Waals surface area contributed by atoms with Crippen LogP contribution in [0, 0.1) is 11.7 Å². The lowest BCUT2D eigenvalue weighted by molar-refractivity contribution is -0.121. The number of hydrogen-bond donors (Lipinski definition) is 2. The van der Waals surface area contributed by atoms with Gasteiger partial charge >= 0.3 is 0 Å². The van der Waals surface area contributed by atoms with Gasteiger partial charge in [-0.15, -0.1) is 0 Å². The molecule has 0 saturated carbocycles. The number of aliphatic imine (C=N–C) groups is 1. The van der Waals surface area contributed by atoms with Crippen LogP contribution in [0.5, 0.6) is 0 Å². The second kappa shape index (κ2) is 5.98. The number of carbonyl (C=O) groups is 2. The minimum absolute atomic E-state index is 0.0170. The largest absolute Gasteiger partial charge is 0.305 e. The van der Waals surface area contributed by atoms with Gasteiger partial charge in [0.25, 0.3) is 0 Å². The molecule has 5 nitrogen and oxygen atoms in total. The number of carbonyl (C=O) groups excluding carboxylic acids is 2. The molecule has 124 valence electrons. The molecule has 24 heavy (non-hydrogen) atoms. The van der Waals surface area contributed by atoms with E-state index in [2.05, 4.69) is 31.6 Å². The highest BCUT2D eigenvalue weighted by Crippen LogP contribution is 2.41. The van der Waals surface area contributed by atoms with E-state index in [1.54, 1.807) is 12.1 Å². The molecule has 7 heteroatoms. The van der Waals surface area contributed by atoms with Crippen LogP contribution in [0.15, 0.2) is 38.9 Å². The molecule has 0 spiro atoms. The summed E-state index contributed by atoms with van der Waals surface area (Å²) in [4.78, 5) is 29.7. The molecule has 3 heterocycles. The molecule has 0 bridgehead atoms. The van der Waals surface area contributed by atoms with Crippen molar-refractivity contribution in [3.8, 4) is 0 Å². The van der Waals surface area contributed by atoms with Crippen molar-refractivity contribution < 1.29 is 14.0 Å². The average Bonchev–Trinajstić information content (AvgIpc) is 2.56. The molecule has 2 atom stereocenters. The minimum Gasteiger partial charge on any atom is -0.305 e. The van der Waals surface area contributed by atoms with E-state index in [1.165, 1.54) is 6.07 Å². The Morgan fingerprint density at radius 2 is 1.88 bits per heavy atom. The summed E-state index contributed by atoms with van der Waals surface area (Å²) in [5.41, 5.74) is 2.81. The van der Waals surface area contributed by atoms with Crippen molar-refractivity contribution in [2.75, 3.05) is 26.2 Å². The lowest BCUT2D eigenvalue weighted by Crippen LogP contribution is -2.51. The molecule has 0 aromatic heterocycles. The summed E-state index contributed by atoms with van der Waals surface area (Å²) in [5.74, 6) is -1.25. The number of benzene rings is 1. The molecule has 0 amide bonds. The molecule has 3 aliphatic heterocycles. The number of hydrogen-bond acceptors (Lipinski definition) is 5. The van der Waals surface area contributed by atoms with E-state index in [9.17, 15) is 14.0 Å². The van der Waals surface area contributed by atoms with Crippen LogP contribution >= 0.6 is 15.9 Å². The number of piperidine rings is 1. The SMILES string of the molecule is O=C1CNCC2=C1C(c1ccc(F)c(Br)c1)C1C(=O)CNCC1=N2. The molecule has 0 aliphatic carbocycles. The predicted octanol–water partition coefficient (Wildman–Crippen LogP) is 1.34. The first-order valence-corrected chi connectivity index (χ1v) is 8.58. The Balaban J connectivity index is 1.91. The van der Waals surface area contributed by atoms with Crippen molar-refractivity contribution in [3.05, 3.63) is 45.3 Å². The van der Waals surface area contributed by atoms with Crippen LogP contribution in [0.3, 0.4) is 0 Å². The maximum atomic E-state index is 13.6. The summed E-state index contributed by atoms with van der Waals surface area (Å²) >= 11 is 3.20. The van der Waals surface area contributed by atoms with Gasteiger partial charge in [0, 0.05) is 30.3 Å². The van der Waals surface area contributed by atoms with Crippen molar-refractivity contribution in [2.24, 2.45) is 10.9 Å². The van der Waals surface area contributed by atoms with E-state index in [1.807, 2.05) is 0 Å². The van der Waals surface area contributed by atoms with Crippen LogP contribution in [-0.4, -0.2) is 43.5 Å². The zero-order chi connectivity index (χ0) is 16.8. The second-order valence-corrected chi connectivity index (χ2v) is 7.04. The number of rotatable bonds is 1. The number of fused-ring (bicyclic) bond motifs is 1. The van der Waals surface area contributed by atoms with Gasteiger partial charge in [0.2, 0.25) is 0 Å². The summed E-state index contributed by atoms with van der Waals surface area (Å²) in [6.07, 6.45) is 0. The lowest BCUT2D eigenvalue weighted by atomic mass is 9.70. The normalized spacial score (nSPS) is 26.8.